The number of aliphatic hydroxyl groups excluding tert-OH is 1. The molecule has 1 rings (SSSR count). The zero-order valence-corrected chi connectivity index (χ0v) is 15.3. The van der Waals surface area contributed by atoms with E-state index >= 15 is 0 Å². The van der Waals surface area contributed by atoms with Crippen LogP contribution in [0.5, 0.6) is 0 Å². The number of carbonyl (C=O) groups excluding carboxylic acids is 2. The molecule has 1 fully saturated rings. The lowest BCUT2D eigenvalue weighted by Gasteiger charge is -2.34. The van der Waals surface area contributed by atoms with Gasteiger partial charge in [-0.3, -0.25) is 9.59 Å². The van der Waals surface area contributed by atoms with E-state index in [2.05, 4.69) is 19.2 Å². The van der Waals surface area contributed by atoms with E-state index in [1.54, 1.807) is 0 Å². The number of rotatable bonds is 7. The van der Waals surface area contributed by atoms with Crippen LogP contribution in [-0.4, -0.2) is 47.6 Å². The Morgan fingerprint density at radius 1 is 1.13 bits per heavy atom. The molecule has 1 aliphatic heterocycles. The average molecular weight is 326 g/mol. The van der Waals surface area contributed by atoms with Crippen molar-refractivity contribution in [3.8, 4) is 0 Å². The summed E-state index contributed by atoms with van der Waals surface area (Å²) in [6, 6.07) is -0.436. The van der Waals surface area contributed by atoms with Crippen molar-refractivity contribution in [3.63, 3.8) is 0 Å². The van der Waals surface area contributed by atoms with Crippen molar-refractivity contribution in [2.75, 3.05) is 19.7 Å². The lowest BCUT2D eigenvalue weighted by Crippen LogP contribution is -2.52. The summed E-state index contributed by atoms with van der Waals surface area (Å²) in [6.45, 7) is 11.6. The monoisotopic (exact) mass is 326 g/mol. The third-order valence-electron chi connectivity index (χ3n) is 4.92. The number of amides is 2. The highest BCUT2D eigenvalue weighted by Gasteiger charge is 2.30. The second-order valence-corrected chi connectivity index (χ2v) is 7.67. The first-order chi connectivity index (χ1) is 10.8. The Labute approximate surface area is 140 Å². The summed E-state index contributed by atoms with van der Waals surface area (Å²) in [5, 5.41) is 12.2. The van der Waals surface area contributed by atoms with Gasteiger partial charge < -0.3 is 15.3 Å². The number of nitrogens with one attached hydrogen (secondary N) is 1. The van der Waals surface area contributed by atoms with Crippen LogP contribution >= 0.6 is 0 Å². The number of carbonyl (C=O) groups is 2. The van der Waals surface area contributed by atoms with Gasteiger partial charge in [-0.1, -0.05) is 34.6 Å². The molecular formula is C18H34N2O3. The Kier molecular flexibility index (Phi) is 8.03. The van der Waals surface area contributed by atoms with Crippen LogP contribution in [0, 0.1) is 23.7 Å². The maximum Gasteiger partial charge on any atom is 0.245 e. The van der Waals surface area contributed by atoms with Gasteiger partial charge in [0.15, 0.2) is 0 Å². The molecule has 0 saturated carbocycles. The van der Waals surface area contributed by atoms with Gasteiger partial charge in [-0.25, -0.2) is 0 Å². The van der Waals surface area contributed by atoms with Gasteiger partial charge >= 0.3 is 0 Å². The van der Waals surface area contributed by atoms with E-state index in [1.807, 2.05) is 25.7 Å². The van der Waals surface area contributed by atoms with Gasteiger partial charge in [0.25, 0.3) is 0 Å². The van der Waals surface area contributed by atoms with Crippen molar-refractivity contribution >= 4 is 11.8 Å². The molecule has 0 aromatic rings. The van der Waals surface area contributed by atoms with E-state index in [1.165, 1.54) is 0 Å². The maximum atomic E-state index is 12.8. The van der Waals surface area contributed by atoms with Gasteiger partial charge in [0.1, 0.15) is 6.04 Å². The van der Waals surface area contributed by atoms with Crippen molar-refractivity contribution < 1.29 is 14.7 Å². The van der Waals surface area contributed by atoms with Gasteiger partial charge in [-0.15, -0.1) is 0 Å². The summed E-state index contributed by atoms with van der Waals surface area (Å²) in [5.74, 6) is 0.790. The van der Waals surface area contributed by atoms with Crippen molar-refractivity contribution in [2.45, 2.75) is 59.9 Å². The summed E-state index contributed by atoms with van der Waals surface area (Å²) < 4.78 is 0. The second kappa shape index (κ2) is 9.26. The predicted octanol–water partition coefficient (Wildman–Crippen LogP) is 2.04. The molecule has 2 atom stereocenters. The largest absolute Gasteiger partial charge is 0.396 e. The maximum absolute atomic E-state index is 12.8. The fourth-order valence-corrected chi connectivity index (χ4v) is 2.86. The minimum atomic E-state index is -0.436. The lowest BCUT2D eigenvalue weighted by atomic mass is 9.94. The van der Waals surface area contributed by atoms with Crippen LogP contribution in [0.4, 0.5) is 0 Å². The third kappa shape index (κ3) is 6.13. The summed E-state index contributed by atoms with van der Waals surface area (Å²) in [6.07, 6.45) is 2.34. The second-order valence-electron chi connectivity index (χ2n) is 7.67. The highest BCUT2D eigenvalue weighted by atomic mass is 16.3. The van der Waals surface area contributed by atoms with Crippen molar-refractivity contribution in [1.82, 2.24) is 10.2 Å². The zero-order valence-electron chi connectivity index (χ0n) is 15.3. The molecule has 5 nitrogen and oxygen atoms in total. The van der Waals surface area contributed by atoms with Crippen LogP contribution in [0.2, 0.25) is 0 Å². The first-order valence-electron chi connectivity index (χ1n) is 8.96. The number of hydrogen-bond donors (Lipinski definition) is 2. The predicted molar refractivity (Wildman–Crippen MR) is 91.8 cm³/mol. The minimum absolute atomic E-state index is 0.0272. The number of nitrogens with zero attached hydrogens (tertiary/aromatic N) is 1. The number of hydrogen-bond acceptors (Lipinski definition) is 3. The minimum Gasteiger partial charge on any atom is -0.396 e. The Bertz CT molecular complexity index is 388. The Hall–Kier alpha value is -1.10. The molecule has 0 spiro atoms. The van der Waals surface area contributed by atoms with Gasteiger partial charge in [0, 0.05) is 25.6 Å². The Morgan fingerprint density at radius 3 is 2.13 bits per heavy atom. The van der Waals surface area contributed by atoms with Crippen LogP contribution in [0.15, 0.2) is 0 Å². The van der Waals surface area contributed by atoms with Gasteiger partial charge in [0.05, 0.1) is 0 Å². The van der Waals surface area contributed by atoms with E-state index in [0.717, 1.165) is 12.8 Å². The van der Waals surface area contributed by atoms with E-state index in [0.29, 0.717) is 31.3 Å². The highest BCUT2D eigenvalue weighted by Crippen LogP contribution is 2.19. The van der Waals surface area contributed by atoms with Crippen LogP contribution < -0.4 is 5.32 Å². The first kappa shape index (κ1) is 19.9. The molecular weight excluding hydrogens is 292 g/mol. The fraction of sp³-hybridized carbons (Fsp3) is 0.889. The molecule has 1 aliphatic rings. The van der Waals surface area contributed by atoms with Gasteiger partial charge in [0.2, 0.25) is 11.8 Å². The molecule has 1 heterocycles. The lowest BCUT2D eigenvalue weighted by molar-refractivity contribution is -0.139. The molecule has 0 aliphatic carbocycles. The molecule has 134 valence electrons. The summed E-state index contributed by atoms with van der Waals surface area (Å²) in [5.41, 5.74) is 0. The molecule has 5 heteroatoms. The van der Waals surface area contributed by atoms with Crippen LogP contribution in [0.3, 0.4) is 0 Å². The number of piperidine rings is 1. The molecule has 0 radical (unpaired) electrons. The molecule has 2 N–H and O–H groups in total. The molecule has 1 saturated heterocycles. The molecule has 2 unspecified atom stereocenters. The van der Waals surface area contributed by atoms with Crippen molar-refractivity contribution in [1.29, 1.82) is 0 Å². The average Bonchev–Trinajstić information content (AvgIpc) is 2.52. The van der Waals surface area contributed by atoms with E-state index < -0.39 is 6.04 Å². The zero-order chi connectivity index (χ0) is 17.6. The summed E-state index contributed by atoms with van der Waals surface area (Å²) in [7, 11) is 0. The molecule has 23 heavy (non-hydrogen) atoms. The van der Waals surface area contributed by atoms with E-state index in [9.17, 15) is 14.7 Å². The van der Waals surface area contributed by atoms with Crippen molar-refractivity contribution in [3.05, 3.63) is 0 Å². The smallest absolute Gasteiger partial charge is 0.245 e. The number of likely N-dealkylation sites (tertiary alicyclic amines) is 1. The first-order valence-corrected chi connectivity index (χ1v) is 8.96. The summed E-state index contributed by atoms with van der Waals surface area (Å²) in [4.78, 5) is 27.0. The van der Waals surface area contributed by atoms with Crippen LogP contribution in [0.1, 0.15) is 53.9 Å². The van der Waals surface area contributed by atoms with E-state index in [-0.39, 0.29) is 30.3 Å². The summed E-state index contributed by atoms with van der Waals surface area (Å²) >= 11 is 0. The fourth-order valence-electron chi connectivity index (χ4n) is 2.86. The standard InChI is InChI=1S/C18H34N2O3/c1-12(2)10-16(19-17(22)14(5)13(3)4)18(23)20-8-6-15(11-21)7-9-20/h12-16,21H,6-11H2,1-5H3,(H,19,22). The quantitative estimate of drug-likeness (QED) is 0.752. The molecule has 0 aromatic carbocycles. The highest BCUT2D eigenvalue weighted by molar-refractivity contribution is 5.88. The van der Waals surface area contributed by atoms with Crippen molar-refractivity contribution in [2.24, 2.45) is 23.7 Å². The Morgan fingerprint density at radius 2 is 1.70 bits per heavy atom. The Balaban J connectivity index is 2.69. The van der Waals surface area contributed by atoms with Gasteiger partial charge in [-0.05, 0) is 37.0 Å². The number of aliphatic hydroxyl groups is 1. The third-order valence-corrected chi connectivity index (χ3v) is 4.92. The molecule has 0 aromatic heterocycles. The van der Waals surface area contributed by atoms with Crippen LogP contribution in [-0.2, 0) is 9.59 Å². The molecule has 0 bridgehead atoms. The topological polar surface area (TPSA) is 69.6 Å². The van der Waals surface area contributed by atoms with E-state index in [4.69, 9.17) is 0 Å². The normalized spacial score (nSPS) is 19.0. The van der Waals surface area contributed by atoms with Gasteiger partial charge in [-0.2, -0.15) is 0 Å². The SMILES string of the molecule is CC(C)CC(NC(=O)C(C)C(C)C)C(=O)N1CCC(CO)CC1. The molecule has 2 amide bonds. The van der Waals surface area contributed by atoms with Crippen LogP contribution in [0.25, 0.3) is 0 Å².